The summed E-state index contributed by atoms with van der Waals surface area (Å²) in [4.78, 5) is 0. The summed E-state index contributed by atoms with van der Waals surface area (Å²) in [5.74, 6) is 2.19. The smallest absolute Gasteiger partial charge is 0.169 e. The molecule has 0 aliphatic heterocycles. The topological polar surface area (TPSA) is 30.5 Å². The zero-order chi connectivity index (χ0) is 15.2. The monoisotopic (exact) mass is 349 g/mol. The molecule has 3 nitrogen and oxygen atoms in total. The van der Waals surface area contributed by atoms with E-state index in [9.17, 15) is 0 Å². The molecule has 2 aromatic rings. The van der Waals surface area contributed by atoms with Crippen LogP contribution in [0.3, 0.4) is 0 Å². The van der Waals surface area contributed by atoms with Crippen LogP contribution in [0.1, 0.15) is 25.5 Å². The van der Waals surface area contributed by atoms with Crippen molar-refractivity contribution in [2.24, 2.45) is 0 Å². The zero-order valence-corrected chi connectivity index (χ0v) is 14.1. The van der Waals surface area contributed by atoms with Crippen LogP contribution >= 0.6 is 15.9 Å². The third kappa shape index (κ3) is 3.99. The molecule has 1 N–H and O–H groups in total. The van der Waals surface area contributed by atoms with Gasteiger partial charge >= 0.3 is 0 Å². The quantitative estimate of drug-likeness (QED) is 0.802. The van der Waals surface area contributed by atoms with Crippen molar-refractivity contribution in [3.05, 3.63) is 52.5 Å². The number of rotatable bonds is 6. The molecule has 0 radical (unpaired) electrons. The van der Waals surface area contributed by atoms with E-state index in [-0.39, 0.29) is 0 Å². The Morgan fingerprint density at radius 2 is 1.81 bits per heavy atom. The van der Waals surface area contributed by atoms with E-state index in [4.69, 9.17) is 9.47 Å². The van der Waals surface area contributed by atoms with Crippen LogP contribution in [0.2, 0.25) is 0 Å². The predicted molar refractivity (Wildman–Crippen MR) is 89.3 cm³/mol. The molecule has 0 aromatic heterocycles. The van der Waals surface area contributed by atoms with Crippen LogP contribution in [0, 0.1) is 0 Å². The molecule has 0 fully saturated rings. The molecule has 0 spiro atoms. The maximum Gasteiger partial charge on any atom is 0.169 e. The molecule has 0 aliphatic carbocycles. The first-order valence-corrected chi connectivity index (χ1v) is 7.78. The van der Waals surface area contributed by atoms with Crippen molar-refractivity contribution in [2.75, 3.05) is 13.7 Å². The lowest BCUT2D eigenvalue weighted by Crippen LogP contribution is -2.17. The van der Waals surface area contributed by atoms with Crippen LogP contribution in [-0.4, -0.2) is 13.7 Å². The second-order valence-corrected chi connectivity index (χ2v) is 5.58. The molecule has 2 aromatic carbocycles. The van der Waals surface area contributed by atoms with E-state index < -0.39 is 0 Å². The van der Waals surface area contributed by atoms with Gasteiger partial charge in [0, 0.05) is 6.04 Å². The van der Waals surface area contributed by atoms with Crippen molar-refractivity contribution in [3.63, 3.8) is 0 Å². The van der Waals surface area contributed by atoms with Gasteiger partial charge in [0.1, 0.15) is 5.75 Å². The molecule has 112 valence electrons. The number of para-hydroxylation sites is 2. The zero-order valence-electron chi connectivity index (χ0n) is 12.5. The van der Waals surface area contributed by atoms with Crippen LogP contribution in [0.5, 0.6) is 17.2 Å². The van der Waals surface area contributed by atoms with Crippen molar-refractivity contribution in [1.29, 1.82) is 0 Å². The van der Waals surface area contributed by atoms with Crippen molar-refractivity contribution in [1.82, 2.24) is 5.32 Å². The maximum absolute atomic E-state index is 5.93. The highest BCUT2D eigenvalue weighted by Gasteiger charge is 2.10. The first-order valence-electron chi connectivity index (χ1n) is 6.99. The SMILES string of the molecule is CCNC(C)c1ccc(Oc2ccccc2OC)c(Br)c1. The van der Waals surface area contributed by atoms with Crippen LogP contribution in [0.15, 0.2) is 46.9 Å². The molecule has 0 heterocycles. The molecule has 1 unspecified atom stereocenters. The minimum Gasteiger partial charge on any atom is -0.493 e. The average molecular weight is 350 g/mol. The normalized spacial score (nSPS) is 12.0. The van der Waals surface area contributed by atoms with Gasteiger partial charge in [-0.25, -0.2) is 0 Å². The van der Waals surface area contributed by atoms with Gasteiger partial charge in [-0.1, -0.05) is 25.1 Å². The van der Waals surface area contributed by atoms with Crippen LogP contribution < -0.4 is 14.8 Å². The van der Waals surface area contributed by atoms with Gasteiger partial charge < -0.3 is 14.8 Å². The van der Waals surface area contributed by atoms with Crippen molar-refractivity contribution >= 4 is 15.9 Å². The molecule has 0 saturated heterocycles. The van der Waals surface area contributed by atoms with Crippen LogP contribution in [0.25, 0.3) is 0 Å². The van der Waals surface area contributed by atoms with Gasteiger partial charge in [0.15, 0.2) is 11.5 Å². The Labute approximate surface area is 134 Å². The van der Waals surface area contributed by atoms with Gasteiger partial charge in [0.2, 0.25) is 0 Å². The Bertz CT molecular complexity index is 601. The Kier molecular flexibility index (Phi) is 5.65. The number of benzene rings is 2. The van der Waals surface area contributed by atoms with Crippen molar-refractivity contribution in [2.45, 2.75) is 19.9 Å². The molecule has 1 atom stereocenters. The second-order valence-electron chi connectivity index (χ2n) is 4.72. The molecule has 21 heavy (non-hydrogen) atoms. The fourth-order valence-corrected chi connectivity index (χ4v) is 2.59. The van der Waals surface area contributed by atoms with Gasteiger partial charge in [-0.3, -0.25) is 0 Å². The van der Waals surface area contributed by atoms with Crippen molar-refractivity contribution < 1.29 is 9.47 Å². The van der Waals surface area contributed by atoms with E-state index in [0.29, 0.717) is 11.8 Å². The lowest BCUT2D eigenvalue weighted by molar-refractivity contribution is 0.378. The summed E-state index contributed by atoms with van der Waals surface area (Å²) in [6, 6.07) is 14.0. The molecule has 4 heteroatoms. The number of methoxy groups -OCH3 is 1. The van der Waals surface area contributed by atoms with E-state index in [2.05, 4.69) is 47.2 Å². The molecule has 0 saturated carbocycles. The molecule has 0 bridgehead atoms. The Morgan fingerprint density at radius 3 is 2.43 bits per heavy atom. The van der Waals surface area contributed by atoms with Gasteiger partial charge in [-0.2, -0.15) is 0 Å². The minimum absolute atomic E-state index is 0.312. The summed E-state index contributed by atoms with van der Waals surface area (Å²) in [6.45, 7) is 5.19. The molecule has 0 amide bonds. The van der Waals surface area contributed by atoms with E-state index in [1.54, 1.807) is 7.11 Å². The summed E-state index contributed by atoms with van der Waals surface area (Å²) >= 11 is 3.58. The van der Waals surface area contributed by atoms with Crippen molar-refractivity contribution in [3.8, 4) is 17.2 Å². The highest BCUT2D eigenvalue weighted by molar-refractivity contribution is 9.10. The third-order valence-electron chi connectivity index (χ3n) is 3.26. The lowest BCUT2D eigenvalue weighted by Gasteiger charge is -2.15. The first kappa shape index (κ1) is 15.9. The van der Waals surface area contributed by atoms with Crippen LogP contribution in [-0.2, 0) is 0 Å². The van der Waals surface area contributed by atoms with Gasteiger partial charge in [-0.05, 0) is 59.2 Å². The summed E-state index contributed by atoms with van der Waals surface area (Å²) in [6.07, 6.45) is 0. The first-order chi connectivity index (χ1) is 10.2. The molecular weight excluding hydrogens is 330 g/mol. The Balaban J connectivity index is 2.21. The summed E-state index contributed by atoms with van der Waals surface area (Å²) in [5.41, 5.74) is 1.22. The number of ether oxygens (including phenoxy) is 2. The van der Waals surface area contributed by atoms with Gasteiger partial charge in [-0.15, -0.1) is 0 Å². The highest BCUT2D eigenvalue weighted by atomic mass is 79.9. The highest BCUT2D eigenvalue weighted by Crippen LogP contribution is 2.36. The van der Waals surface area contributed by atoms with Gasteiger partial charge in [0.25, 0.3) is 0 Å². The Morgan fingerprint density at radius 1 is 1.10 bits per heavy atom. The van der Waals surface area contributed by atoms with E-state index >= 15 is 0 Å². The van der Waals surface area contributed by atoms with Crippen LogP contribution in [0.4, 0.5) is 0 Å². The predicted octanol–water partition coefficient (Wildman–Crippen LogP) is 4.92. The molecule has 2 rings (SSSR count). The van der Waals surface area contributed by atoms with E-state index in [1.807, 2.05) is 30.3 Å². The van der Waals surface area contributed by atoms with E-state index in [1.165, 1.54) is 5.56 Å². The average Bonchev–Trinajstić information content (AvgIpc) is 2.50. The lowest BCUT2D eigenvalue weighted by atomic mass is 10.1. The number of hydrogen-bond acceptors (Lipinski definition) is 3. The summed E-state index contributed by atoms with van der Waals surface area (Å²) in [7, 11) is 1.64. The van der Waals surface area contributed by atoms with E-state index in [0.717, 1.165) is 22.5 Å². The maximum atomic E-state index is 5.93. The summed E-state index contributed by atoms with van der Waals surface area (Å²) < 4.78 is 12.2. The molecule has 0 aliphatic rings. The number of halogens is 1. The minimum atomic E-state index is 0.312. The third-order valence-corrected chi connectivity index (χ3v) is 3.87. The fraction of sp³-hybridized carbons (Fsp3) is 0.294. The number of hydrogen-bond donors (Lipinski definition) is 1. The Hall–Kier alpha value is -1.52. The largest absolute Gasteiger partial charge is 0.493 e. The fourth-order valence-electron chi connectivity index (χ4n) is 2.11. The second kappa shape index (κ2) is 7.48. The summed E-state index contributed by atoms with van der Waals surface area (Å²) in [5, 5.41) is 3.39. The number of nitrogens with one attached hydrogen (secondary N) is 1. The standard InChI is InChI=1S/C17H20BrNO2/c1-4-19-12(2)13-9-10-15(14(18)11-13)21-17-8-6-5-7-16(17)20-3/h5-12,19H,4H2,1-3H3. The molecular formula is C17H20BrNO2. The van der Waals surface area contributed by atoms with Gasteiger partial charge in [0.05, 0.1) is 11.6 Å².